The van der Waals surface area contributed by atoms with Gasteiger partial charge in [0.2, 0.25) is 0 Å². The van der Waals surface area contributed by atoms with Crippen LogP contribution in [0.5, 0.6) is 0 Å². The van der Waals surface area contributed by atoms with Crippen LogP contribution in [0.1, 0.15) is 47.0 Å². The second-order valence-corrected chi connectivity index (χ2v) is 4.12. The molecule has 0 aromatic heterocycles. The quantitative estimate of drug-likeness (QED) is 0.430. The molecule has 94 valence electrons. The molecule has 0 spiro atoms. The van der Waals surface area contributed by atoms with Crippen molar-refractivity contribution in [3.63, 3.8) is 0 Å². The number of hydrogen-bond donors (Lipinski definition) is 0. The number of carbonyl (C=O) groups excluding carboxylic acids is 1. The maximum absolute atomic E-state index is 11.1. The minimum atomic E-state index is -0.304. The van der Waals surface area contributed by atoms with Crippen molar-refractivity contribution in [2.24, 2.45) is 0 Å². The Morgan fingerprint density at radius 3 is 2.00 bits per heavy atom. The summed E-state index contributed by atoms with van der Waals surface area (Å²) in [6, 6.07) is 0. The Hall–Kier alpha value is -0.570. The first-order chi connectivity index (χ1) is 7.58. The number of unbranched alkanes of at least 4 members (excludes halogenated alkanes) is 1. The Kier molecular flexibility index (Phi) is 13.9. The smallest absolute Gasteiger partial charge is 0.338 e. The summed E-state index contributed by atoms with van der Waals surface area (Å²) in [6.45, 7) is 8.19. The fourth-order valence-electron chi connectivity index (χ4n) is 0.736. The lowest BCUT2D eigenvalue weighted by molar-refractivity contribution is -0.135. The van der Waals surface area contributed by atoms with Crippen molar-refractivity contribution in [2.75, 3.05) is 7.11 Å². The third-order valence-electron chi connectivity index (χ3n) is 1.84. The van der Waals surface area contributed by atoms with Gasteiger partial charge >= 0.3 is 5.97 Å². The lowest BCUT2D eigenvalue weighted by atomic mass is 10.2. The Bertz CT molecular complexity index is 240. The number of methoxy groups -OCH3 is 1. The highest BCUT2D eigenvalue weighted by Crippen LogP contribution is 2.17. The van der Waals surface area contributed by atoms with Crippen molar-refractivity contribution >= 4 is 21.9 Å². The number of hydrogen-bond acceptors (Lipinski definition) is 2. The summed E-state index contributed by atoms with van der Waals surface area (Å²) in [5.74, 6) is -0.304. The van der Waals surface area contributed by atoms with E-state index in [9.17, 15) is 4.79 Å². The van der Waals surface area contributed by atoms with Crippen LogP contribution in [0.2, 0.25) is 0 Å². The van der Waals surface area contributed by atoms with Gasteiger partial charge in [-0.3, -0.25) is 0 Å². The van der Waals surface area contributed by atoms with E-state index in [0.717, 1.165) is 10.9 Å². The van der Waals surface area contributed by atoms with Gasteiger partial charge in [-0.2, -0.15) is 0 Å². The maximum atomic E-state index is 11.1. The van der Waals surface area contributed by atoms with Gasteiger partial charge in [-0.25, -0.2) is 4.79 Å². The molecule has 0 heterocycles. The third kappa shape index (κ3) is 8.72. The molecule has 2 nitrogen and oxygen atoms in total. The van der Waals surface area contributed by atoms with Crippen LogP contribution in [-0.2, 0) is 9.53 Å². The summed E-state index contributed by atoms with van der Waals surface area (Å²) >= 11 is 3.31. The molecule has 3 heteroatoms. The molecular formula is C13H23BrO2. The van der Waals surface area contributed by atoms with Crippen molar-refractivity contribution in [3.8, 4) is 0 Å². The van der Waals surface area contributed by atoms with Crippen LogP contribution in [0.4, 0.5) is 0 Å². The normalized spacial score (nSPS) is 11.6. The van der Waals surface area contributed by atoms with Crippen LogP contribution in [0.25, 0.3) is 0 Å². The molecule has 0 radical (unpaired) electrons. The molecule has 0 saturated heterocycles. The molecule has 0 aliphatic carbocycles. The summed E-state index contributed by atoms with van der Waals surface area (Å²) in [6.07, 6.45) is 6.97. The van der Waals surface area contributed by atoms with Crippen molar-refractivity contribution < 1.29 is 9.53 Å². The Morgan fingerprint density at radius 2 is 1.75 bits per heavy atom. The highest BCUT2D eigenvalue weighted by molar-refractivity contribution is 9.11. The van der Waals surface area contributed by atoms with Crippen molar-refractivity contribution in [3.05, 3.63) is 22.2 Å². The Labute approximate surface area is 108 Å². The van der Waals surface area contributed by atoms with Gasteiger partial charge in [0.15, 0.2) is 0 Å². The van der Waals surface area contributed by atoms with E-state index >= 15 is 0 Å². The average Bonchev–Trinajstić information content (AvgIpc) is 2.34. The molecule has 0 rings (SSSR count). The van der Waals surface area contributed by atoms with Crippen molar-refractivity contribution in [1.29, 1.82) is 0 Å². The lowest BCUT2D eigenvalue weighted by Gasteiger charge is -2.02. The number of rotatable bonds is 4. The monoisotopic (exact) mass is 290 g/mol. The van der Waals surface area contributed by atoms with Gasteiger partial charge in [0, 0.05) is 4.48 Å². The first kappa shape index (κ1) is 17.8. The van der Waals surface area contributed by atoms with Crippen LogP contribution >= 0.6 is 15.9 Å². The molecule has 0 fully saturated rings. The van der Waals surface area contributed by atoms with Gasteiger partial charge in [-0.05, 0) is 13.3 Å². The van der Waals surface area contributed by atoms with E-state index in [1.807, 2.05) is 19.9 Å². The Balaban J connectivity index is 0. The second kappa shape index (κ2) is 12.5. The van der Waals surface area contributed by atoms with Gasteiger partial charge < -0.3 is 4.74 Å². The van der Waals surface area contributed by atoms with Crippen LogP contribution < -0.4 is 0 Å². The first-order valence-corrected chi connectivity index (χ1v) is 6.47. The zero-order valence-corrected chi connectivity index (χ0v) is 12.6. The van der Waals surface area contributed by atoms with Crippen molar-refractivity contribution in [1.82, 2.24) is 0 Å². The summed E-state index contributed by atoms with van der Waals surface area (Å²) in [4.78, 5) is 11.1. The van der Waals surface area contributed by atoms with Crippen molar-refractivity contribution in [2.45, 2.75) is 47.0 Å². The molecule has 0 amide bonds. The predicted octanol–water partition coefficient (Wildman–Crippen LogP) is 4.60. The standard InChI is InChI=1S/C9H13BrO2.C4H10/c1-4-6-7(8(10)5-2)9(11)12-3;1-3-4-2/h4,6H,5H2,1-3H3;3-4H2,1-2H3/b6-4-,8-7-;. The van der Waals surface area contributed by atoms with E-state index in [1.165, 1.54) is 20.0 Å². The second-order valence-electron chi connectivity index (χ2n) is 3.16. The Morgan fingerprint density at radius 1 is 1.25 bits per heavy atom. The van der Waals surface area contributed by atoms with E-state index in [1.54, 1.807) is 6.08 Å². The first-order valence-electron chi connectivity index (χ1n) is 5.68. The number of carbonyl (C=O) groups is 1. The maximum Gasteiger partial charge on any atom is 0.338 e. The zero-order chi connectivity index (χ0) is 13.0. The molecule has 0 bridgehead atoms. The molecule has 16 heavy (non-hydrogen) atoms. The molecule has 0 atom stereocenters. The number of halogens is 1. The minimum Gasteiger partial charge on any atom is -0.465 e. The van der Waals surface area contributed by atoms with Gasteiger partial charge in [-0.1, -0.05) is 61.7 Å². The fraction of sp³-hybridized carbons (Fsp3) is 0.615. The fourth-order valence-corrected chi connectivity index (χ4v) is 1.03. The predicted molar refractivity (Wildman–Crippen MR) is 73.7 cm³/mol. The summed E-state index contributed by atoms with van der Waals surface area (Å²) < 4.78 is 5.48. The summed E-state index contributed by atoms with van der Waals surface area (Å²) in [5, 5.41) is 0. The van der Waals surface area contributed by atoms with E-state index in [4.69, 9.17) is 0 Å². The van der Waals surface area contributed by atoms with E-state index in [0.29, 0.717) is 5.57 Å². The van der Waals surface area contributed by atoms with E-state index in [-0.39, 0.29) is 5.97 Å². The molecular weight excluding hydrogens is 268 g/mol. The third-order valence-corrected chi connectivity index (χ3v) is 2.83. The highest BCUT2D eigenvalue weighted by atomic mass is 79.9. The van der Waals surface area contributed by atoms with Gasteiger partial charge in [0.05, 0.1) is 12.7 Å². The highest BCUT2D eigenvalue weighted by Gasteiger charge is 2.09. The summed E-state index contributed by atoms with van der Waals surface area (Å²) in [7, 11) is 1.38. The van der Waals surface area contributed by atoms with Gasteiger partial charge in [-0.15, -0.1) is 0 Å². The summed E-state index contributed by atoms with van der Waals surface area (Å²) in [5.41, 5.74) is 0.586. The molecule has 0 aromatic rings. The molecule has 0 N–H and O–H groups in total. The average molecular weight is 291 g/mol. The topological polar surface area (TPSA) is 26.3 Å². The van der Waals surface area contributed by atoms with Crippen LogP contribution in [0.15, 0.2) is 22.2 Å². The van der Waals surface area contributed by atoms with Gasteiger partial charge in [0.1, 0.15) is 0 Å². The van der Waals surface area contributed by atoms with Crippen LogP contribution in [0, 0.1) is 0 Å². The van der Waals surface area contributed by atoms with E-state index < -0.39 is 0 Å². The van der Waals surface area contributed by atoms with E-state index in [2.05, 4.69) is 34.5 Å². The molecule has 0 unspecified atom stereocenters. The number of allylic oxidation sites excluding steroid dienone is 2. The largest absolute Gasteiger partial charge is 0.465 e. The number of esters is 1. The lowest BCUT2D eigenvalue weighted by Crippen LogP contribution is -2.03. The minimum absolute atomic E-state index is 0.304. The van der Waals surface area contributed by atoms with Crippen LogP contribution in [-0.4, -0.2) is 13.1 Å². The van der Waals surface area contributed by atoms with Gasteiger partial charge in [0.25, 0.3) is 0 Å². The zero-order valence-electron chi connectivity index (χ0n) is 11.0. The number of ether oxygens (including phenoxy) is 1. The van der Waals surface area contributed by atoms with Crippen LogP contribution in [0.3, 0.4) is 0 Å². The molecule has 0 aliphatic heterocycles. The SMILES string of the molecule is C/C=C\C(C(=O)OC)=C(\Br)CC.CCCC. The molecule has 0 aliphatic rings. The molecule has 0 aromatic carbocycles. The molecule has 0 saturated carbocycles.